The molecular formula is C18H19F3N6O. The minimum absolute atomic E-state index is 0.0373. The maximum absolute atomic E-state index is 13.6. The van der Waals surface area contributed by atoms with Crippen LogP contribution in [0.5, 0.6) is 0 Å². The number of hydrogen-bond donors (Lipinski definition) is 3. The topological polar surface area (TPSA) is 82.2 Å². The maximum atomic E-state index is 13.6. The number of para-hydroxylation sites is 2. The van der Waals surface area contributed by atoms with Crippen LogP contribution in [0.4, 0.5) is 36.3 Å². The third kappa shape index (κ3) is 3.72. The average molecular weight is 392 g/mol. The second-order valence-corrected chi connectivity index (χ2v) is 6.77. The minimum atomic E-state index is -4.65. The highest BCUT2D eigenvalue weighted by atomic mass is 19.4. The summed E-state index contributed by atoms with van der Waals surface area (Å²) in [5.41, 5.74) is -0.0858. The number of carbonyl (C=O) groups excluding carboxylic acids is 1. The SMILES string of the molecule is O=C1CN(c2nc(N[C@H]3CCCNC3)ncc2C(F)(F)F)c2ccccc2N1. The van der Waals surface area contributed by atoms with E-state index in [1.54, 1.807) is 24.3 Å². The number of fused-ring (bicyclic) bond motifs is 1. The molecule has 2 aliphatic rings. The van der Waals surface area contributed by atoms with Gasteiger partial charge < -0.3 is 20.9 Å². The molecule has 10 heteroatoms. The third-order valence-electron chi connectivity index (χ3n) is 4.73. The molecule has 3 N–H and O–H groups in total. The van der Waals surface area contributed by atoms with Crippen LogP contribution >= 0.6 is 0 Å². The van der Waals surface area contributed by atoms with Gasteiger partial charge in [-0.1, -0.05) is 12.1 Å². The van der Waals surface area contributed by atoms with Crippen molar-refractivity contribution in [2.45, 2.75) is 25.1 Å². The molecule has 7 nitrogen and oxygen atoms in total. The van der Waals surface area contributed by atoms with Crippen LogP contribution in [0.1, 0.15) is 18.4 Å². The van der Waals surface area contributed by atoms with Gasteiger partial charge in [0.15, 0.2) is 5.82 Å². The second kappa shape index (κ2) is 7.27. The van der Waals surface area contributed by atoms with Gasteiger partial charge in [0.1, 0.15) is 12.1 Å². The molecule has 0 radical (unpaired) electrons. The van der Waals surface area contributed by atoms with Crippen LogP contribution in [0, 0.1) is 0 Å². The standard InChI is InChI=1S/C18H19F3N6O/c19-18(20,21)12-9-23-17(24-11-4-3-7-22-8-11)26-16(12)27-10-15(28)25-13-5-1-2-6-14(13)27/h1-2,5-6,9,11,22H,3-4,7-8,10H2,(H,25,28)(H,23,24,26)/t11-/m0/s1. The van der Waals surface area contributed by atoms with E-state index >= 15 is 0 Å². The van der Waals surface area contributed by atoms with Crippen LogP contribution in [0.2, 0.25) is 0 Å². The lowest BCUT2D eigenvalue weighted by molar-refractivity contribution is -0.137. The molecular weight excluding hydrogens is 373 g/mol. The second-order valence-electron chi connectivity index (χ2n) is 6.77. The summed E-state index contributed by atoms with van der Waals surface area (Å²) in [6, 6.07) is 6.73. The lowest BCUT2D eigenvalue weighted by atomic mass is 10.1. The molecule has 0 spiro atoms. The van der Waals surface area contributed by atoms with Gasteiger partial charge in [-0.15, -0.1) is 0 Å². The molecule has 0 unspecified atom stereocenters. The predicted octanol–water partition coefficient (Wildman–Crippen LogP) is 2.75. The van der Waals surface area contributed by atoms with Crippen molar-refractivity contribution in [3.63, 3.8) is 0 Å². The zero-order valence-corrected chi connectivity index (χ0v) is 14.9. The molecule has 28 heavy (non-hydrogen) atoms. The molecule has 148 valence electrons. The highest BCUT2D eigenvalue weighted by molar-refractivity contribution is 6.03. The Morgan fingerprint density at radius 1 is 1.25 bits per heavy atom. The maximum Gasteiger partial charge on any atom is 0.421 e. The highest BCUT2D eigenvalue weighted by Crippen LogP contribution is 2.41. The van der Waals surface area contributed by atoms with E-state index < -0.39 is 17.6 Å². The molecule has 3 heterocycles. The van der Waals surface area contributed by atoms with Crippen LogP contribution < -0.4 is 20.9 Å². The Morgan fingerprint density at radius 2 is 2.07 bits per heavy atom. The molecule has 1 fully saturated rings. The van der Waals surface area contributed by atoms with Gasteiger partial charge in [0.2, 0.25) is 11.9 Å². The average Bonchev–Trinajstić information content (AvgIpc) is 2.67. The van der Waals surface area contributed by atoms with E-state index in [-0.39, 0.29) is 24.4 Å². The zero-order chi connectivity index (χ0) is 19.7. The summed E-state index contributed by atoms with van der Waals surface area (Å²) >= 11 is 0. The highest BCUT2D eigenvalue weighted by Gasteiger charge is 2.39. The van der Waals surface area contributed by atoms with E-state index in [4.69, 9.17) is 0 Å². The summed E-state index contributed by atoms with van der Waals surface area (Å²) in [6.45, 7) is 1.34. The molecule has 1 atom stereocenters. The predicted molar refractivity (Wildman–Crippen MR) is 98.6 cm³/mol. The fraction of sp³-hybridized carbons (Fsp3) is 0.389. The van der Waals surface area contributed by atoms with E-state index in [9.17, 15) is 18.0 Å². The smallest absolute Gasteiger partial charge is 0.350 e. The Hall–Kier alpha value is -2.88. The normalized spacial score (nSPS) is 19.8. The molecule has 0 bridgehead atoms. The summed E-state index contributed by atoms with van der Waals surface area (Å²) in [7, 11) is 0. The molecule has 2 aromatic rings. The molecule has 2 aliphatic heterocycles. The number of alkyl halides is 3. The first-order chi connectivity index (χ1) is 13.4. The number of piperidine rings is 1. The van der Waals surface area contributed by atoms with E-state index in [0.717, 1.165) is 25.6 Å². The van der Waals surface area contributed by atoms with Crippen molar-refractivity contribution < 1.29 is 18.0 Å². The first-order valence-electron chi connectivity index (χ1n) is 9.00. The fourth-order valence-electron chi connectivity index (χ4n) is 3.43. The van der Waals surface area contributed by atoms with E-state index in [1.165, 1.54) is 4.90 Å². The molecule has 1 aromatic heterocycles. The number of benzene rings is 1. The van der Waals surface area contributed by atoms with Gasteiger partial charge in [-0.25, -0.2) is 4.98 Å². The summed E-state index contributed by atoms with van der Waals surface area (Å²) in [5.74, 6) is -0.632. The first kappa shape index (κ1) is 18.5. The summed E-state index contributed by atoms with van der Waals surface area (Å²) in [4.78, 5) is 21.4. The van der Waals surface area contributed by atoms with E-state index in [2.05, 4.69) is 25.9 Å². The van der Waals surface area contributed by atoms with Crippen molar-refractivity contribution in [3.05, 3.63) is 36.0 Å². The Balaban J connectivity index is 1.75. The van der Waals surface area contributed by atoms with Crippen molar-refractivity contribution in [1.82, 2.24) is 15.3 Å². The largest absolute Gasteiger partial charge is 0.421 e. The van der Waals surface area contributed by atoms with Gasteiger partial charge in [-0.2, -0.15) is 18.2 Å². The molecule has 1 amide bonds. The Bertz CT molecular complexity index is 882. The monoisotopic (exact) mass is 392 g/mol. The van der Waals surface area contributed by atoms with Crippen molar-refractivity contribution >= 4 is 29.0 Å². The van der Waals surface area contributed by atoms with Crippen molar-refractivity contribution in [1.29, 1.82) is 0 Å². The number of amides is 1. The van der Waals surface area contributed by atoms with Gasteiger partial charge >= 0.3 is 6.18 Å². The number of nitrogens with one attached hydrogen (secondary N) is 3. The molecule has 4 rings (SSSR count). The van der Waals surface area contributed by atoms with Gasteiger partial charge in [0.05, 0.1) is 11.4 Å². The fourth-order valence-corrected chi connectivity index (χ4v) is 3.43. The Labute approximate surface area is 159 Å². The van der Waals surface area contributed by atoms with Gasteiger partial charge in [-0.05, 0) is 31.5 Å². The van der Waals surface area contributed by atoms with Crippen LogP contribution in [-0.4, -0.2) is 41.6 Å². The number of hydrogen-bond acceptors (Lipinski definition) is 6. The molecule has 0 saturated carbocycles. The Kier molecular flexibility index (Phi) is 4.80. The number of nitrogens with zero attached hydrogens (tertiary/aromatic N) is 3. The van der Waals surface area contributed by atoms with Crippen LogP contribution in [0.15, 0.2) is 30.5 Å². The molecule has 1 aromatic carbocycles. The first-order valence-corrected chi connectivity index (χ1v) is 9.00. The number of anilines is 4. The van der Waals surface area contributed by atoms with Crippen LogP contribution in [0.3, 0.4) is 0 Å². The number of carbonyl (C=O) groups is 1. The quantitative estimate of drug-likeness (QED) is 0.745. The van der Waals surface area contributed by atoms with Crippen LogP contribution in [0.25, 0.3) is 0 Å². The van der Waals surface area contributed by atoms with Crippen molar-refractivity contribution in [3.8, 4) is 0 Å². The van der Waals surface area contributed by atoms with Crippen molar-refractivity contribution in [2.24, 2.45) is 0 Å². The number of halogens is 3. The summed E-state index contributed by atoms with van der Waals surface area (Å²) in [5, 5.41) is 8.99. The number of aromatic nitrogens is 2. The van der Waals surface area contributed by atoms with Gasteiger partial charge in [0.25, 0.3) is 0 Å². The number of rotatable bonds is 3. The van der Waals surface area contributed by atoms with E-state index in [0.29, 0.717) is 17.9 Å². The lowest BCUT2D eigenvalue weighted by Gasteiger charge is -2.32. The van der Waals surface area contributed by atoms with Gasteiger partial charge in [-0.3, -0.25) is 4.79 Å². The third-order valence-corrected chi connectivity index (χ3v) is 4.73. The Morgan fingerprint density at radius 3 is 2.82 bits per heavy atom. The minimum Gasteiger partial charge on any atom is -0.350 e. The molecule has 0 aliphatic carbocycles. The molecule has 1 saturated heterocycles. The van der Waals surface area contributed by atoms with Crippen LogP contribution in [-0.2, 0) is 11.0 Å². The summed E-state index contributed by atoms with van der Waals surface area (Å²) in [6.07, 6.45) is -2.04. The van der Waals surface area contributed by atoms with Gasteiger partial charge in [0, 0.05) is 18.8 Å². The summed E-state index contributed by atoms with van der Waals surface area (Å²) < 4.78 is 40.9. The lowest BCUT2D eigenvalue weighted by Crippen LogP contribution is -2.39. The van der Waals surface area contributed by atoms with E-state index in [1.807, 2.05) is 0 Å². The van der Waals surface area contributed by atoms with Crippen molar-refractivity contribution in [2.75, 3.05) is 35.2 Å². The zero-order valence-electron chi connectivity index (χ0n) is 14.9.